The predicted octanol–water partition coefficient (Wildman–Crippen LogP) is 2.98. The fourth-order valence-corrected chi connectivity index (χ4v) is 4.54. The van der Waals surface area contributed by atoms with Crippen molar-refractivity contribution in [2.24, 2.45) is 0 Å². The largest absolute Gasteiger partial charge is 0.497 e. The van der Waals surface area contributed by atoms with Crippen LogP contribution in [0, 0.1) is 11.3 Å². The highest BCUT2D eigenvalue weighted by atomic mass is 16.5. The van der Waals surface area contributed by atoms with Crippen molar-refractivity contribution in [3.05, 3.63) is 59.7 Å². The molecule has 2 bridgehead atoms. The summed E-state index contributed by atoms with van der Waals surface area (Å²) in [6.45, 7) is 3.83. The van der Waals surface area contributed by atoms with Gasteiger partial charge in [0.1, 0.15) is 18.1 Å². The van der Waals surface area contributed by atoms with E-state index >= 15 is 0 Å². The number of fused-ring (bicyclic) bond motifs is 2. The monoisotopic (exact) mass is 405 g/mol. The summed E-state index contributed by atoms with van der Waals surface area (Å²) >= 11 is 0. The molecule has 30 heavy (non-hydrogen) atoms. The van der Waals surface area contributed by atoms with E-state index in [2.05, 4.69) is 15.9 Å². The smallest absolute Gasteiger partial charge is 0.176 e. The number of benzene rings is 2. The van der Waals surface area contributed by atoms with Gasteiger partial charge in [0, 0.05) is 37.3 Å². The summed E-state index contributed by atoms with van der Waals surface area (Å²) in [6.07, 6.45) is 2.35. The van der Waals surface area contributed by atoms with E-state index in [1.165, 1.54) is 12.8 Å². The molecule has 4 rings (SSSR count). The van der Waals surface area contributed by atoms with Gasteiger partial charge in [-0.3, -0.25) is 14.6 Å². The Hall–Kier alpha value is -2.88. The molecule has 0 saturated carbocycles. The molecule has 6 nitrogen and oxygen atoms in total. The lowest BCUT2D eigenvalue weighted by Crippen LogP contribution is -2.55. The molecule has 2 aliphatic rings. The van der Waals surface area contributed by atoms with E-state index in [0.717, 1.165) is 36.7 Å². The molecule has 0 amide bonds. The number of hydrogen-bond acceptors (Lipinski definition) is 6. The Morgan fingerprint density at radius 3 is 2.27 bits per heavy atom. The van der Waals surface area contributed by atoms with Crippen LogP contribution in [0.25, 0.3) is 0 Å². The van der Waals surface area contributed by atoms with Crippen LogP contribution in [0.4, 0.5) is 0 Å². The van der Waals surface area contributed by atoms with Gasteiger partial charge in [-0.05, 0) is 61.4 Å². The molecule has 2 aromatic carbocycles. The number of ether oxygens (including phenoxy) is 2. The Bertz CT molecular complexity index is 891. The number of carbonyl (C=O) groups excluding carboxylic acids is 1. The van der Waals surface area contributed by atoms with Gasteiger partial charge in [-0.2, -0.15) is 5.26 Å². The molecular weight excluding hydrogens is 378 g/mol. The summed E-state index contributed by atoms with van der Waals surface area (Å²) in [7, 11) is 1.63. The number of ketones is 1. The second kappa shape index (κ2) is 9.29. The molecular formula is C24H27N3O3. The highest BCUT2D eigenvalue weighted by Crippen LogP contribution is 2.30. The van der Waals surface area contributed by atoms with E-state index < -0.39 is 0 Å². The molecule has 2 heterocycles. The lowest BCUT2D eigenvalue weighted by molar-refractivity contribution is 0.0523. The summed E-state index contributed by atoms with van der Waals surface area (Å²) in [5.41, 5.74) is 1.38. The second-order valence-electron chi connectivity index (χ2n) is 7.95. The Labute approximate surface area is 177 Å². The molecule has 6 heteroatoms. The fourth-order valence-electron chi connectivity index (χ4n) is 4.54. The summed E-state index contributed by atoms with van der Waals surface area (Å²) in [5.74, 6) is 1.72. The van der Waals surface area contributed by atoms with E-state index in [-0.39, 0.29) is 5.78 Å². The van der Waals surface area contributed by atoms with Crippen LogP contribution in [0.3, 0.4) is 0 Å². The molecule has 2 aromatic rings. The maximum atomic E-state index is 12.7. The maximum absolute atomic E-state index is 12.7. The summed E-state index contributed by atoms with van der Waals surface area (Å²) in [5, 5.41) is 8.87. The van der Waals surface area contributed by atoms with Gasteiger partial charge in [0.05, 0.1) is 25.3 Å². The standard InChI is InChI=1S/C24H27N3O3/c1-29-22-10-4-19(5-11-22)24(28)17-26-15-20-6-7-21(16-26)27(20)12-13-30-23-8-2-18(14-25)3-9-23/h2-5,8-11,20-21H,6-7,12-13,15-17H2,1H3. The van der Waals surface area contributed by atoms with Crippen LogP contribution in [0.1, 0.15) is 28.8 Å². The average molecular weight is 405 g/mol. The molecule has 2 aliphatic heterocycles. The number of carbonyl (C=O) groups is 1. The van der Waals surface area contributed by atoms with Crippen molar-refractivity contribution in [2.45, 2.75) is 24.9 Å². The van der Waals surface area contributed by atoms with Crippen LogP contribution in [0.15, 0.2) is 48.5 Å². The van der Waals surface area contributed by atoms with Crippen LogP contribution < -0.4 is 9.47 Å². The zero-order chi connectivity index (χ0) is 20.9. The Morgan fingerprint density at radius 1 is 1.03 bits per heavy atom. The van der Waals surface area contributed by atoms with Crippen LogP contribution in [0.2, 0.25) is 0 Å². The molecule has 2 atom stereocenters. The van der Waals surface area contributed by atoms with Crippen molar-refractivity contribution in [3.63, 3.8) is 0 Å². The van der Waals surface area contributed by atoms with Crippen molar-refractivity contribution in [1.29, 1.82) is 5.26 Å². The highest BCUT2D eigenvalue weighted by Gasteiger charge is 2.39. The van der Waals surface area contributed by atoms with Crippen LogP contribution in [-0.2, 0) is 0 Å². The van der Waals surface area contributed by atoms with Gasteiger partial charge < -0.3 is 9.47 Å². The summed E-state index contributed by atoms with van der Waals surface area (Å²) in [6, 6.07) is 17.7. The molecule has 156 valence electrons. The van der Waals surface area contributed by atoms with Gasteiger partial charge in [-0.15, -0.1) is 0 Å². The van der Waals surface area contributed by atoms with Crippen LogP contribution in [0.5, 0.6) is 11.5 Å². The molecule has 0 aromatic heterocycles. The number of nitrogens with zero attached hydrogens (tertiary/aromatic N) is 3. The number of piperazine rings is 1. The van der Waals surface area contributed by atoms with Gasteiger partial charge in [0.25, 0.3) is 0 Å². The number of hydrogen-bond donors (Lipinski definition) is 0. The lowest BCUT2D eigenvalue weighted by Gasteiger charge is -2.40. The minimum atomic E-state index is 0.162. The van der Waals surface area contributed by atoms with Crippen molar-refractivity contribution in [2.75, 3.05) is 39.9 Å². The lowest BCUT2D eigenvalue weighted by atomic mass is 10.1. The first-order chi connectivity index (χ1) is 14.7. The van der Waals surface area contributed by atoms with E-state index in [9.17, 15) is 4.79 Å². The molecule has 0 radical (unpaired) electrons. The first-order valence-corrected chi connectivity index (χ1v) is 10.4. The van der Waals surface area contributed by atoms with Crippen LogP contribution >= 0.6 is 0 Å². The fraction of sp³-hybridized carbons (Fsp3) is 0.417. The third-order valence-corrected chi connectivity index (χ3v) is 6.09. The SMILES string of the molecule is COc1ccc(C(=O)CN2CC3CCC(C2)N3CCOc2ccc(C#N)cc2)cc1. The molecule has 0 spiro atoms. The Kier molecular flexibility index (Phi) is 6.32. The zero-order valence-electron chi connectivity index (χ0n) is 17.3. The van der Waals surface area contributed by atoms with E-state index in [1.54, 1.807) is 19.2 Å². The van der Waals surface area contributed by atoms with E-state index in [1.807, 2.05) is 36.4 Å². The first-order valence-electron chi connectivity index (χ1n) is 10.4. The van der Waals surface area contributed by atoms with Gasteiger partial charge in [-0.1, -0.05) is 0 Å². The quantitative estimate of drug-likeness (QED) is 0.629. The van der Waals surface area contributed by atoms with E-state index in [4.69, 9.17) is 14.7 Å². The minimum absolute atomic E-state index is 0.162. The van der Waals surface area contributed by atoms with Gasteiger partial charge >= 0.3 is 0 Å². The summed E-state index contributed by atoms with van der Waals surface area (Å²) < 4.78 is 11.0. The van der Waals surface area contributed by atoms with Crippen molar-refractivity contribution >= 4 is 5.78 Å². The first kappa shape index (κ1) is 20.4. The molecule has 2 saturated heterocycles. The number of Topliss-reactive ketones (excluding diaryl/α,β-unsaturated/α-hetero) is 1. The molecule has 2 fully saturated rings. The number of rotatable bonds is 8. The van der Waals surface area contributed by atoms with Crippen molar-refractivity contribution in [3.8, 4) is 17.6 Å². The second-order valence-corrected chi connectivity index (χ2v) is 7.95. The topological polar surface area (TPSA) is 65.8 Å². The molecule has 2 unspecified atom stereocenters. The highest BCUT2D eigenvalue weighted by molar-refractivity contribution is 5.97. The van der Waals surface area contributed by atoms with Gasteiger partial charge in [0.15, 0.2) is 5.78 Å². The average Bonchev–Trinajstić information content (AvgIpc) is 3.02. The number of methoxy groups -OCH3 is 1. The van der Waals surface area contributed by atoms with Gasteiger partial charge in [0.2, 0.25) is 0 Å². The van der Waals surface area contributed by atoms with Crippen molar-refractivity contribution < 1.29 is 14.3 Å². The van der Waals surface area contributed by atoms with E-state index in [0.29, 0.717) is 30.8 Å². The number of nitriles is 1. The van der Waals surface area contributed by atoms with Gasteiger partial charge in [-0.25, -0.2) is 0 Å². The third-order valence-electron chi connectivity index (χ3n) is 6.09. The predicted molar refractivity (Wildman–Crippen MR) is 114 cm³/mol. The molecule has 0 aliphatic carbocycles. The number of likely N-dealkylation sites (tertiary alicyclic amines) is 1. The third kappa shape index (κ3) is 4.64. The minimum Gasteiger partial charge on any atom is -0.497 e. The zero-order valence-corrected chi connectivity index (χ0v) is 17.3. The molecule has 0 N–H and O–H groups in total. The maximum Gasteiger partial charge on any atom is 0.176 e. The Balaban J connectivity index is 1.26. The van der Waals surface area contributed by atoms with Crippen molar-refractivity contribution in [1.82, 2.24) is 9.80 Å². The normalized spacial score (nSPS) is 21.2. The summed E-state index contributed by atoms with van der Waals surface area (Å²) in [4.78, 5) is 17.5. The van der Waals surface area contributed by atoms with Crippen LogP contribution in [-0.4, -0.2) is 67.6 Å². The Morgan fingerprint density at radius 2 is 1.67 bits per heavy atom.